The summed E-state index contributed by atoms with van der Waals surface area (Å²) in [5.41, 5.74) is 0.986. The largest absolute Gasteiger partial charge is 0.462 e. The van der Waals surface area contributed by atoms with Gasteiger partial charge in [-0.3, -0.25) is 4.79 Å². The van der Waals surface area contributed by atoms with Crippen LogP contribution in [0.3, 0.4) is 0 Å². The highest BCUT2D eigenvalue weighted by Crippen LogP contribution is 2.68. The third kappa shape index (κ3) is 5.23. The molecule has 0 radical (unpaired) electrons. The first kappa shape index (κ1) is 27.5. The number of aliphatic hydroxyl groups is 1. The van der Waals surface area contributed by atoms with Crippen molar-refractivity contribution < 1.29 is 14.6 Å². The summed E-state index contributed by atoms with van der Waals surface area (Å²) in [6, 6.07) is 0. The summed E-state index contributed by atoms with van der Waals surface area (Å²) in [5.74, 6) is 6.70. The van der Waals surface area contributed by atoms with Crippen LogP contribution in [0.25, 0.3) is 0 Å². The molecule has 4 saturated carbocycles. The highest BCUT2D eigenvalue weighted by molar-refractivity contribution is 5.69. The number of ether oxygens (including phenoxy) is 1. The van der Waals surface area contributed by atoms with Gasteiger partial charge < -0.3 is 9.84 Å². The standard InChI is InChI=1S/C32H56O3/c1-7-23(21(2)3)9-8-22(4)27-12-13-28-26-11-10-24-20-25(35-30(34)16-19-33)14-17-31(24,5)29(26)15-18-32(27,28)6/h21-29,33H,7-20H2,1-6H3/t22-,23-,24?,25+,26+,27-,28+,29+,31+,32-/m1/s1. The first-order valence-electron chi connectivity index (χ1n) is 15.4. The molecule has 0 aromatic carbocycles. The first-order chi connectivity index (χ1) is 16.6. The smallest absolute Gasteiger partial charge is 0.308 e. The molecular weight excluding hydrogens is 432 g/mol. The summed E-state index contributed by atoms with van der Waals surface area (Å²) in [4.78, 5) is 12.0. The summed E-state index contributed by atoms with van der Waals surface area (Å²) in [5, 5.41) is 9.06. The van der Waals surface area contributed by atoms with Gasteiger partial charge in [-0.2, -0.15) is 0 Å². The molecule has 0 spiro atoms. The number of esters is 1. The Balaban J connectivity index is 1.40. The zero-order chi connectivity index (χ0) is 25.4. The molecule has 1 unspecified atom stereocenters. The van der Waals surface area contributed by atoms with Crippen LogP contribution < -0.4 is 0 Å². The van der Waals surface area contributed by atoms with E-state index >= 15 is 0 Å². The van der Waals surface area contributed by atoms with Crippen molar-refractivity contribution >= 4 is 5.97 Å². The molecule has 35 heavy (non-hydrogen) atoms. The molecule has 0 aromatic heterocycles. The Morgan fingerprint density at radius 1 is 0.943 bits per heavy atom. The van der Waals surface area contributed by atoms with Crippen molar-refractivity contribution in [1.82, 2.24) is 0 Å². The van der Waals surface area contributed by atoms with Crippen LogP contribution in [-0.2, 0) is 9.53 Å². The van der Waals surface area contributed by atoms with Crippen molar-refractivity contribution in [3.8, 4) is 0 Å². The molecule has 0 aromatic rings. The Labute approximate surface area is 216 Å². The lowest BCUT2D eigenvalue weighted by atomic mass is 9.44. The Morgan fingerprint density at radius 3 is 2.34 bits per heavy atom. The molecule has 4 aliphatic carbocycles. The van der Waals surface area contributed by atoms with Crippen LogP contribution in [0.5, 0.6) is 0 Å². The van der Waals surface area contributed by atoms with Crippen molar-refractivity contribution in [3.63, 3.8) is 0 Å². The second-order valence-corrected chi connectivity index (χ2v) is 14.2. The van der Waals surface area contributed by atoms with Gasteiger partial charge in [-0.05, 0) is 122 Å². The number of rotatable bonds is 9. The number of carbonyl (C=O) groups excluding carboxylic acids is 1. The molecule has 4 aliphatic rings. The molecule has 0 amide bonds. The maximum absolute atomic E-state index is 12.0. The van der Waals surface area contributed by atoms with Gasteiger partial charge in [0, 0.05) is 0 Å². The lowest BCUT2D eigenvalue weighted by molar-refractivity contribution is -0.163. The summed E-state index contributed by atoms with van der Waals surface area (Å²) >= 11 is 0. The van der Waals surface area contributed by atoms with Crippen LogP contribution in [0.1, 0.15) is 125 Å². The van der Waals surface area contributed by atoms with Gasteiger partial charge in [0.25, 0.3) is 0 Å². The van der Waals surface area contributed by atoms with Gasteiger partial charge in [0.2, 0.25) is 0 Å². The second kappa shape index (κ2) is 11.0. The minimum Gasteiger partial charge on any atom is -0.462 e. The Morgan fingerprint density at radius 2 is 1.66 bits per heavy atom. The Bertz CT molecular complexity index is 718. The van der Waals surface area contributed by atoms with Crippen molar-refractivity contribution in [2.75, 3.05) is 6.61 Å². The number of fused-ring (bicyclic) bond motifs is 5. The number of carbonyl (C=O) groups is 1. The van der Waals surface area contributed by atoms with Gasteiger partial charge >= 0.3 is 5.97 Å². The topological polar surface area (TPSA) is 46.5 Å². The molecule has 10 atom stereocenters. The van der Waals surface area contributed by atoms with Crippen LogP contribution in [-0.4, -0.2) is 23.8 Å². The van der Waals surface area contributed by atoms with E-state index < -0.39 is 0 Å². The first-order valence-corrected chi connectivity index (χ1v) is 15.4. The quantitative estimate of drug-likeness (QED) is 0.334. The minimum absolute atomic E-state index is 0.0760. The monoisotopic (exact) mass is 488 g/mol. The molecule has 4 fully saturated rings. The van der Waals surface area contributed by atoms with Gasteiger partial charge in [0.1, 0.15) is 6.10 Å². The van der Waals surface area contributed by atoms with E-state index in [4.69, 9.17) is 9.84 Å². The van der Waals surface area contributed by atoms with Gasteiger partial charge in [-0.1, -0.05) is 54.4 Å². The fraction of sp³-hybridized carbons (Fsp3) is 0.969. The third-order valence-corrected chi connectivity index (χ3v) is 12.5. The maximum Gasteiger partial charge on any atom is 0.308 e. The lowest BCUT2D eigenvalue weighted by Gasteiger charge is -2.61. The van der Waals surface area contributed by atoms with E-state index in [1.807, 2.05) is 0 Å². The fourth-order valence-electron chi connectivity index (χ4n) is 10.3. The second-order valence-electron chi connectivity index (χ2n) is 14.2. The van der Waals surface area contributed by atoms with Crippen LogP contribution in [0.15, 0.2) is 0 Å². The van der Waals surface area contributed by atoms with Crippen LogP contribution in [0.2, 0.25) is 0 Å². The molecule has 0 aliphatic heterocycles. The van der Waals surface area contributed by atoms with E-state index in [-0.39, 0.29) is 25.1 Å². The average molecular weight is 489 g/mol. The van der Waals surface area contributed by atoms with Crippen molar-refractivity contribution in [1.29, 1.82) is 0 Å². The molecular formula is C32H56O3. The number of aliphatic hydroxyl groups excluding tert-OH is 1. The molecule has 0 saturated heterocycles. The third-order valence-electron chi connectivity index (χ3n) is 12.5. The van der Waals surface area contributed by atoms with Crippen molar-refractivity contribution in [2.24, 2.45) is 58.2 Å². The van der Waals surface area contributed by atoms with Crippen molar-refractivity contribution in [3.05, 3.63) is 0 Å². The van der Waals surface area contributed by atoms with Gasteiger partial charge in [-0.15, -0.1) is 0 Å². The summed E-state index contributed by atoms with van der Waals surface area (Å²) in [6.07, 6.45) is 16.2. The molecule has 0 bridgehead atoms. The lowest BCUT2D eigenvalue weighted by Crippen LogP contribution is -2.54. The highest BCUT2D eigenvalue weighted by atomic mass is 16.5. The van der Waals surface area contributed by atoms with E-state index in [1.165, 1.54) is 64.2 Å². The van der Waals surface area contributed by atoms with Crippen LogP contribution in [0, 0.1) is 58.2 Å². The number of hydrogen-bond acceptors (Lipinski definition) is 3. The van der Waals surface area contributed by atoms with Crippen LogP contribution in [0.4, 0.5) is 0 Å². The predicted molar refractivity (Wildman–Crippen MR) is 144 cm³/mol. The predicted octanol–water partition coefficient (Wildman–Crippen LogP) is 8.04. The minimum atomic E-state index is -0.215. The summed E-state index contributed by atoms with van der Waals surface area (Å²) in [7, 11) is 0. The number of hydrogen-bond donors (Lipinski definition) is 1. The fourth-order valence-corrected chi connectivity index (χ4v) is 10.3. The SMILES string of the molecule is CC[C@H](CC[C@@H](C)[C@H]1CC[C@H]2[C@@H]3CCC4C[C@@H](OC(=O)CCO)CC[C@]4(C)[C@H]3CC[C@]12C)C(C)C. The van der Waals surface area contributed by atoms with E-state index in [0.717, 1.165) is 54.3 Å². The zero-order valence-corrected chi connectivity index (χ0v) is 23.9. The average Bonchev–Trinajstić information content (AvgIpc) is 3.17. The Hall–Kier alpha value is -0.570. The van der Waals surface area contributed by atoms with E-state index in [2.05, 4.69) is 41.5 Å². The van der Waals surface area contributed by atoms with E-state index in [9.17, 15) is 4.79 Å². The Kier molecular flexibility index (Phi) is 8.66. The maximum atomic E-state index is 12.0. The van der Waals surface area contributed by atoms with Crippen LogP contribution >= 0.6 is 0 Å². The molecule has 4 rings (SSSR count). The normalized spacial score (nSPS) is 42.6. The van der Waals surface area contributed by atoms with Crippen molar-refractivity contribution in [2.45, 2.75) is 131 Å². The van der Waals surface area contributed by atoms with Gasteiger partial charge in [0.05, 0.1) is 13.0 Å². The van der Waals surface area contributed by atoms with Gasteiger partial charge in [0.15, 0.2) is 0 Å². The molecule has 202 valence electrons. The van der Waals surface area contributed by atoms with Gasteiger partial charge in [-0.25, -0.2) is 0 Å². The summed E-state index contributed by atoms with van der Waals surface area (Å²) < 4.78 is 5.75. The van der Waals surface area contributed by atoms with E-state index in [1.54, 1.807) is 0 Å². The van der Waals surface area contributed by atoms with E-state index in [0.29, 0.717) is 16.7 Å². The summed E-state index contributed by atoms with van der Waals surface area (Å²) in [6.45, 7) is 15.0. The molecule has 1 N–H and O–H groups in total. The molecule has 3 nitrogen and oxygen atoms in total. The molecule has 0 heterocycles. The molecule has 3 heteroatoms. The zero-order valence-electron chi connectivity index (χ0n) is 23.9. The highest BCUT2D eigenvalue weighted by Gasteiger charge is 2.60.